The fraction of sp³-hybridized carbons (Fsp3) is 0.333. The Bertz CT molecular complexity index is 909. The Hall–Kier alpha value is -3.23. The summed E-state index contributed by atoms with van der Waals surface area (Å²) in [6.07, 6.45) is -4.92. The van der Waals surface area contributed by atoms with Crippen molar-refractivity contribution in [3.05, 3.63) is 53.6 Å². The molecule has 0 heterocycles. The zero-order valence-electron chi connectivity index (χ0n) is 17.0. The van der Waals surface area contributed by atoms with Crippen LogP contribution in [0, 0.1) is 0 Å². The van der Waals surface area contributed by atoms with Crippen LogP contribution in [0.1, 0.15) is 29.8 Å². The minimum atomic E-state index is -4.92. The van der Waals surface area contributed by atoms with E-state index < -0.39 is 17.5 Å². The lowest BCUT2D eigenvalue weighted by atomic mass is 9.84. The number of benzene rings is 2. The van der Waals surface area contributed by atoms with Gasteiger partial charge in [0.05, 0.1) is 14.2 Å². The molecule has 162 valence electrons. The Kier molecular flexibility index (Phi) is 6.96. The summed E-state index contributed by atoms with van der Waals surface area (Å²) in [4.78, 5) is 23.5. The van der Waals surface area contributed by atoms with Crippen molar-refractivity contribution in [1.29, 1.82) is 0 Å². The quantitative estimate of drug-likeness (QED) is 0.707. The van der Waals surface area contributed by atoms with Crippen LogP contribution in [-0.2, 0) is 10.2 Å². The molecule has 0 bridgehead atoms. The molecule has 0 fully saturated rings. The average Bonchev–Trinajstić information content (AvgIpc) is 2.71. The van der Waals surface area contributed by atoms with Gasteiger partial charge >= 0.3 is 12.1 Å². The first-order valence-electron chi connectivity index (χ1n) is 8.97. The molecule has 2 aromatic carbocycles. The second-order valence-electron chi connectivity index (χ2n) is 7.17. The van der Waals surface area contributed by atoms with Crippen LogP contribution >= 0.6 is 0 Å². The molecule has 30 heavy (non-hydrogen) atoms. The molecule has 6 nitrogen and oxygen atoms in total. The monoisotopic (exact) mass is 424 g/mol. The number of hydrogen-bond acceptors (Lipinski definition) is 4. The fourth-order valence-corrected chi connectivity index (χ4v) is 2.69. The number of carbonyl (C=O) groups excluding carboxylic acids is 2. The number of nitrogens with one attached hydrogen (secondary N) is 2. The van der Waals surface area contributed by atoms with E-state index in [-0.39, 0.29) is 12.5 Å². The summed E-state index contributed by atoms with van der Waals surface area (Å²) < 4.78 is 47.4. The van der Waals surface area contributed by atoms with Gasteiger partial charge in [-0.2, -0.15) is 13.2 Å². The van der Waals surface area contributed by atoms with Gasteiger partial charge in [0, 0.05) is 23.2 Å². The molecular formula is C21H23F3N2O4. The molecule has 0 aliphatic carbocycles. The summed E-state index contributed by atoms with van der Waals surface area (Å²) in [6, 6.07) is 11.4. The summed E-state index contributed by atoms with van der Waals surface area (Å²) in [5, 5.41) is 4.64. The minimum Gasteiger partial charge on any atom is -0.493 e. The number of carbonyl (C=O) groups is 2. The van der Waals surface area contributed by atoms with Gasteiger partial charge in [0.15, 0.2) is 11.5 Å². The molecule has 0 radical (unpaired) electrons. The molecule has 0 aliphatic heterocycles. The molecule has 0 unspecified atom stereocenters. The van der Waals surface area contributed by atoms with Gasteiger partial charge in [0.1, 0.15) is 0 Å². The van der Waals surface area contributed by atoms with Crippen LogP contribution in [-0.4, -0.2) is 38.8 Å². The third kappa shape index (κ3) is 5.65. The molecule has 0 saturated carbocycles. The largest absolute Gasteiger partial charge is 0.493 e. The van der Waals surface area contributed by atoms with Gasteiger partial charge in [0.2, 0.25) is 0 Å². The van der Waals surface area contributed by atoms with E-state index in [1.54, 1.807) is 56.3 Å². The lowest BCUT2D eigenvalue weighted by molar-refractivity contribution is -0.173. The van der Waals surface area contributed by atoms with E-state index in [4.69, 9.17) is 9.47 Å². The van der Waals surface area contributed by atoms with Crippen LogP contribution < -0.4 is 20.1 Å². The number of halogens is 3. The second-order valence-corrected chi connectivity index (χ2v) is 7.17. The van der Waals surface area contributed by atoms with Crippen molar-refractivity contribution >= 4 is 17.5 Å². The zero-order valence-corrected chi connectivity index (χ0v) is 17.0. The molecule has 0 atom stereocenters. The van der Waals surface area contributed by atoms with E-state index in [0.29, 0.717) is 28.3 Å². The average molecular weight is 424 g/mol. The van der Waals surface area contributed by atoms with E-state index >= 15 is 0 Å². The molecule has 0 spiro atoms. The Morgan fingerprint density at radius 2 is 1.53 bits per heavy atom. The minimum absolute atomic E-state index is 0.192. The molecule has 2 aromatic rings. The SMILES string of the molecule is COc1ccc(C(=O)Nc2ccc(C(C)(C)CNC(=O)C(F)(F)F)cc2)cc1OC. The number of anilines is 1. The van der Waals surface area contributed by atoms with Crippen molar-refractivity contribution in [1.82, 2.24) is 5.32 Å². The third-order valence-electron chi connectivity index (χ3n) is 4.52. The Labute approximate surface area is 172 Å². The Balaban J connectivity index is 2.06. The van der Waals surface area contributed by atoms with Crippen molar-refractivity contribution in [2.24, 2.45) is 0 Å². The van der Waals surface area contributed by atoms with Gasteiger partial charge in [-0.25, -0.2) is 0 Å². The lowest BCUT2D eigenvalue weighted by Gasteiger charge is -2.26. The first-order valence-corrected chi connectivity index (χ1v) is 8.97. The van der Waals surface area contributed by atoms with Crippen molar-refractivity contribution in [2.45, 2.75) is 25.4 Å². The standard InChI is InChI=1S/C21H23F3N2O4/c1-20(2,12-25-19(28)21(22,23)24)14-6-8-15(9-7-14)26-18(27)13-5-10-16(29-3)17(11-13)30-4/h5-11H,12H2,1-4H3,(H,25,28)(H,26,27). The zero-order chi connectivity index (χ0) is 22.5. The molecular weight excluding hydrogens is 401 g/mol. The maximum absolute atomic E-state index is 12.5. The first-order chi connectivity index (χ1) is 14.0. The highest BCUT2D eigenvalue weighted by molar-refractivity contribution is 6.04. The molecule has 2 N–H and O–H groups in total. The van der Waals surface area contributed by atoms with E-state index in [0.717, 1.165) is 0 Å². The van der Waals surface area contributed by atoms with Crippen molar-refractivity contribution < 1.29 is 32.2 Å². The molecule has 0 aliphatic rings. The van der Waals surface area contributed by atoms with E-state index in [2.05, 4.69) is 5.32 Å². The number of hydrogen-bond donors (Lipinski definition) is 2. The maximum Gasteiger partial charge on any atom is 0.471 e. The number of ether oxygens (including phenoxy) is 2. The van der Waals surface area contributed by atoms with Crippen LogP contribution in [0.2, 0.25) is 0 Å². The number of amides is 2. The van der Waals surface area contributed by atoms with Crippen LogP contribution in [0.25, 0.3) is 0 Å². The predicted molar refractivity (Wildman–Crippen MR) is 106 cm³/mol. The highest BCUT2D eigenvalue weighted by Crippen LogP contribution is 2.28. The van der Waals surface area contributed by atoms with Crippen LogP contribution in [0.15, 0.2) is 42.5 Å². The Morgan fingerprint density at radius 3 is 2.07 bits per heavy atom. The molecule has 2 rings (SSSR count). The summed E-state index contributed by atoms with van der Waals surface area (Å²) in [6.45, 7) is 3.23. The van der Waals surface area contributed by atoms with E-state index in [1.807, 2.05) is 5.32 Å². The van der Waals surface area contributed by atoms with Gasteiger partial charge in [-0.15, -0.1) is 0 Å². The normalized spacial score (nSPS) is 11.6. The maximum atomic E-state index is 12.5. The highest BCUT2D eigenvalue weighted by Gasteiger charge is 2.39. The van der Waals surface area contributed by atoms with Crippen molar-refractivity contribution in [2.75, 3.05) is 26.1 Å². The van der Waals surface area contributed by atoms with Gasteiger partial charge < -0.3 is 20.1 Å². The van der Waals surface area contributed by atoms with Gasteiger partial charge in [-0.3, -0.25) is 9.59 Å². The lowest BCUT2D eigenvalue weighted by Crippen LogP contribution is -2.43. The number of rotatable bonds is 7. The van der Waals surface area contributed by atoms with E-state index in [1.165, 1.54) is 14.2 Å². The van der Waals surface area contributed by atoms with E-state index in [9.17, 15) is 22.8 Å². The highest BCUT2D eigenvalue weighted by atomic mass is 19.4. The summed E-state index contributed by atoms with van der Waals surface area (Å²) in [5.41, 5.74) is 0.835. The van der Waals surface area contributed by atoms with Gasteiger partial charge in [-0.1, -0.05) is 26.0 Å². The van der Waals surface area contributed by atoms with Crippen molar-refractivity contribution in [3.8, 4) is 11.5 Å². The summed E-state index contributed by atoms with van der Waals surface area (Å²) in [5.74, 6) is -1.42. The smallest absolute Gasteiger partial charge is 0.471 e. The predicted octanol–water partition coefficient (Wildman–Crippen LogP) is 3.91. The fourth-order valence-electron chi connectivity index (χ4n) is 2.69. The van der Waals surface area contributed by atoms with Crippen LogP contribution in [0.4, 0.5) is 18.9 Å². The van der Waals surface area contributed by atoms with Gasteiger partial charge in [-0.05, 0) is 35.9 Å². The molecule has 0 saturated heterocycles. The summed E-state index contributed by atoms with van der Waals surface area (Å²) >= 11 is 0. The molecule has 0 aromatic heterocycles. The Morgan fingerprint density at radius 1 is 0.933 bits per heavy atom. The van der Waals surface area contributed by atoms with Gasteiger partial charge in [0.25, 0.3) is 5.91 Å². The van der Waals surface area contributed by atoms with Crippen LogP contribution in [0.5, 0.6) is 11.5 Å². The van der Waals surface area contributed by atoms with Crippen LogP contribution in [0.3, 0.4) is 0 Å². The third-order valence-corrected chi connectivity index (χ3v) is 4.52. The molecule has 2 amide bonds. The summed E-state index contributed by atoms with van der Waals surface area (Å²) in [7, 11) is 2.96. The second kappa shape index (κ2) is 9.06. The number of alkyl halides is 3. The molecule has 9 heteroatoms. The van der Waals surface area contributed by atoms with Crippen molar-refractivity contribution in [3.63, 3.8) is 0 Å². The number of methoxy groups -OCH3 is 2. The topological polar surface area (TPSA) is 76.7 Å². The first kappa shape index (κ1) is 23.1.